The lowest BCUT2D eigenvalue weighted by Crippen LogP contribution is -2.50. The molecule has 0 radical (unpaired) electrons. The van der Waals surface area contributed by atoms with Gasteiger partial charge in [-0.1, -0.05) is 0 Å². The molecular formula is C7H16N8O4. The van der Waals surface area contributed by atoms with Crippen molar-refractivity contribution in [1.29, 1.82) is 0 Å². The van der Waals surface area contributed by atoms with Crippen molar-refractivity contribution in [2.45, 2.75) is 0 Å². The molecule has 10 N–H and O–H groups in total. The summed E-state index contributed by atoms with van der Waals surface area (Å²) in [5, 5.41) is 13.3. The third-order valence-electron chi connectivity index (χ3n) is 1.52. The first-order valence-corrected chi connectivity index (χ1v) is 5.02. The van der Waals surface area contributed by atoms with Crippen LogP contribution >= 0.6 is 0 Å². The molecule has 108 valence electrons. The minimum absolute atomic E-state index is 0.143. The average molecular weight is 276 g/mol. The number of rotatable bonds is 6. The summed E-state index contributed by atoms with van der Waals surface area (Å²) in [5.41, 5.74) is 9.52. The molecule has 12 heteroatoms. The van der Waals surface area contributed by atoms with Crippen LogP contribution in [0.4, 0.5) is 19.2 Å². The Bertz CT molecular complexity index is 314. The van der Waals surface area contributed by atoms with E-state index in [0.717, 1.165) is 0 Å². The van der Waals surface area contributed by atoms with Gasteiger partial charge in [-0.3, -0.25) is 0 Å². The third-order valence-corrected chi connectivity index (χ3v) is 1.52. The topological polar surface area (TPSA) is 192 Å². The Balaban J connectivity index is 3.50. The fraction of sp³-hybridized carbons (Fsp3) is 0.429. The molecule has 0 aromatic carbocycles. The Labute approximate surface area is 108 Å². The van der Waals surface area contributed by atoms with Gasteiger partial charge in [-0.25, -0.2) is 19.2 Å². The first-order valence-electron chi connectivity index (χ1n) is 5.02. The number of carbonyl (C=O) groups excluding carboxylic acids is 4. The van der Waals surface area contributed by atoms with E-state index in [9.17, 15) is 19.2 Å². The average Bonchev–Trinajstić information content (AvgIpc) is 2.27. The van der Waals surface area contributed by atoms with Crippen molar-refractivity contribution in [2.24, 2.45) is 11.5 Å². The van der Waals surface area contributed by atoms with Crippen LogP contribution in [0.3, 0.4) is 0 Å². The van der Waals surface area contributed by atoms with Crippen LogP contribution in [-0.4, -0.2) is 44.1 Å². The number of nitrogens with one attached hydrogen (secondary N) is 6. The van der Waals surface area contributed by atoms with Gasteiger partial charge in [0.25, 0.3) is 0 Å². The van der Waals surface area contributed by atoms with Gasteiger partial charge in [-0.15, -0.1) is 0 Å². The minimum atomic E-state index is -0.778. The molecule has 8 amide bonds. The van der Waals surface area contributed by atoms with Crippen LogP contribution in [0.5, 0.6) is 0 Å². The van der Waals surface area contributed by atoms with Gasteiger partial charge in [-0.2, -0.15) is 0 Å². The highest BCUT2D eigenvalue weighted by Gasteiger charge is 2.01. The summed E-state index contributed by atoms with van der Waals surface area (Å²) >= 11 is 0. The van der Waals surface area contributed by atoms with E-state index < -0.39 is 24.1 Å². The molecule has 0 saturated carbocycles. The maximum Gasteiger partial charge on any atom is 0.317 e. The monoisotopic (exact) mass is 276 g/mol. The Morgan fingerprint density at radius 3 is 1.11 bits per heavy atom. The number of hydrogen-bond donors (Lipinski definition) is 8. The number of nitrogens with two attached hydrogens (primary N) is 2. The van der Waals surface area contributed by atoms with Crippen LogP contribution in [0.2, 0.25) is 0 Å². The van der Waals surface area contributed by atoms with Crippen molar-refractivity contribution in [3.8, 4) is 0 Å². The van der Waals surface area contributed by atoms with E-state index in [1.165, 1.54) is 0 Å². The van der Waals surface area contributed by atoms with E-state index in [1.54, 1.807) is 0 Å². The highest BCUT2D eigenvalue weighted by Crippen LogP contribution is 1.65. The van der Waals surface area contributed by atoms with E-state index in [1.807, 2.05) is 0 Å². The molecule has 19 heavy (non-hydrogen) atoms. The second kappa shape index (κ2) is 9.15. The van der Waals surface area contributed by atoms with Crippen LogP contribution in [-0.2, 0) is 0 Å². The normalized spacial score (nSPS) is 8.84. The molecule has 0 aromatic heterocycles. The summed E-state index contributed by atoms with van der Waals surface area (Å²) in [4.78, 5) is 42.6. The zero-order valence-corrected chi connectivity index (χ0v) is 9.91. The van der Waals surface area contributed by atoms with Gasteiger partial charge in [0, 0.05) is 0 Å². The van der Waals surface area contributed by atoms with Crippen LogP contribution in [0.15, 0.2) is 0 Å². The van der Waals surface area contributed by atoms with E-state index in [-0.39, 0.29) is 20.0 Å². The SMILES string of the molecule is NC(=O)NCNC(=O)NCNC(=O)NCNC(N)=O. The number of amides is 8. The lowest BCUT2D eigenvalue weighted by atomic mass is 10.8. The molecule has 12 nitrogen and oxygen atoms in total. The smallest absolute Gasteiger partial charge is 0.317 e. The lowest BCUT2D eigenvalue weighted by molar-refractivity contribution is 0.233. The maximum absolute atomic E-state index is 11.0. The fourth-order valence-electron chi connectivity index (χ4n) is 0.753. The lowest BCUT2D eigenvalue weighted by Gasteiger charge is -2.10. The second-order valence-corrected chi connectivity index (χ2v) is 2.98. The van der Waals surface area contributed by atoms with Gasteiger partial charge in [0.05, 0.1) is 20.0 Å². The summed E-state index contributed by atoms with van der Waals surface area (Å²) < 4.78 is 0. The van der Waals surface area contributed by atoms with Crippen molar-refractivity contribution in [3.05, 3.63) is 0 Å². The fourth-order valence-corrected chi connectivity index (χ4v) is 0.753. The Hall–Kier alpha value is -2.92. The first-order chi connectivity index (χ1) is 8.91. The van der Waals surface area contributed by atoms with Gasteiger partial charge in [0.2, 0.25) is 0 Å². The summed E-state index contributed by atoms with van der Waals surface area (Å²) in [7, 11) is 0. The van der Waals surface area contributed by atoms with Gasteiger partial charge in [0.1, 0.15) is 0 Å². The van der Waals surface area contributed by atoms with Gasteiger partial charge in [0.15, 0.2) is 0 Å². The Kier molecular flexibility index (Phi) is 7.74. The summed E-state index contributed by atoms with van der Waals surface area (Å²) in [6.45, 7) is -0.448. The maximum atomic E-state index is 11.0. The number of primary amides is 2. The molecule has 0 aromatic rings. The molecule has 0 fully saturated rings. The van der Waals surface area contributed by atoms with Crippen LogP contribution < -0.4 is 43.4 Å². The molecular weight excluding hydrogens is 260 g/mol. The summed E-state index contributed by atoms with van der Waals surface area (Å²) in [6, 6.07) is -2.80. The quantitative estimate of drug-likeness (QED) is 0.237. The van der Waals surface area contributed by atoms with Crippen molar-refractivity contribution in [3.63, 3.8) is 0 Å². The Morgan fingerprint density at radius 1 is 0.579 bits per heavy atom. The van der Waals surface area contributed by atoms with Gasteiger partial charge < -0.3 is 43.4 Å². The van der Waals surface area contributed by atoms with Crippen molar-refractivity contribution in [1.82, 2.24) is 31.9 Å². The molecule has 0 aliphatic rings. The molecule has 0 unspecified atom stereocenters. The summed E-state index contributed by atoms with van der Waals surface area (Å²) in [5.74, 6) is 0. The highest BCUT2D eigenvalue weighted by molar-refractivity contribution is 5.77. The van der Waals surface area contributed by atoms with E-state index in [2.05, 4.69) is 31.9 Å². The summed E-state index contributed by atoms with van der Waals surface area (Å²) in [6.07, 6.45) is 0. The largest absolute Gasteiger partial charge is 0.352 e. The zero-order chi connectivity index (χ0) is 14.7. The van der Waals surface area contributed by atoms with Crippen molar-refractivity contribution < 1.29 is 19.2 Å². The first kappa shape index (κ1) is 16.1. The van der Waals surface area contributed by atoms with E-state index in [0.29, 0.717) is 0 Å². The molecule has 0 rings (SSSR count). The molecule has 0 aliphatic carbocycles. The van der Waals surface area contributed by atoms with Crippen LogP contribution in [0.25, 0.3) is 0 Å². The number of carbonyl (C=O) groups is 4. The highest BCUT2D eigenvalue weighted by atomic mass is 16.2. The van der Waals surface area contributed by atoms with E-state index in [4.69, 9.17) is 11.5 Å². The third kappa shape index (κ3) is 11.3. The van der Waals surface area contributed by atoms with E-state index >= 15 is 0 Å². The number of hydrogen-bond acceptors (Lipinski definition) is 4. The second-order valence-electron chi connectivity index (χ2n) is 2.98. The zero-order valence-electron chi connectivity index (χ0n) is 9.91. The van der Waals surface area contributed by atoms with Crippen LogP contribution in [0, 0.1) is 0 Å². The molecule has 0 saturated heterocycles. The van der Waals surface area contributed by atoms with Gasteiger partial charge >= 0.3 is 24.1 Å². The van der Waals surface area contributed by atoms with Crippen molar-refractivity contribution >= 4 is 24.1 Å². The number of urea groups is 4. The minimum Gasteiger partial charge on any atom is -0.352 e. The molecule has 0 aliphatic heterocycles. The van der Waals surface area contributed by atoms with Crippen molar-refractivity contribution in [2.75, 3.05) is 20.0 Å². The molecule has 0 bridgehead atoms. The Morgan fingerprint density at radius 2 is 0.842 bits per heavy atom. The molecule has 0 spiro atoms. The van der Waals surface area contributed by atoms with Gasteiger partial charge in [-0.05, 0) is 0 Å². The predicted octanol–water partition coefficient (Wildman–Crippen LogP) is -3.21. The van der Waals surface area contributed by atoms with Crippen LogP contribution in [0.1, 0.15) is 0 Å². The standard InChI is InChI=1S/C7H16N8O4/c8-4(16)10-1-12-6(18)14-3-15-7(19)13-2-11-5(9)17/h1-3H2,(H3,8,10,16)(H3,9,11,17)(H2,12,14,18)(H2,13,15,19). The molecule has 0 heterocycles. The predicted molar refractivity (Wildman–Crippen MR) is 63.4 cm³/mol. The molecule has 0 atom stereocenters.